The minimum Gasteiger partial charge on any atom is -0.481 e. The van der Waals surface area contributed by atoms with E-state index in [0.29, 0.717) is 6.42 Å². The third-order valence-electron chi connectivity index (χ3n) is 4.60. The van der Waals surface area contributed by atoms with E-state index in [4.69, 9.17) is 10.2 Å². The molecule has 0 aliphatic rings. The summed E-state index contributed by atoms with van der Waals surface area (Å²) in [5, 5.41) is 17.6. The van der Waals surface area contributed by atoms with Gasteiger partial charge in [-0.25, -0.2) is 0 Å². The molecule has 0 saturated carbocycles. The summed E-state index contributed by atoms with van der Waals surface area (Å²) in [6.07, 6.45) is 21.5. The summed E-state index contributed by atoms with van der Waals surface area (Å²) in [6.45, 7) is 2.25. The third kappa shape index (κ3) is 15.9. The molecule has 0 aromatic carbocycles. The van der Waals surface area contributed by atoms with E-state index in [9.17, 15) is 9.59 Å². The number of unbranched alkanes of at least 4 members (excludes halogenated alkanes) is 12. The molecule has 0 bridgehead atoms. The monoisotopic (exact) mass is 354 g/mol. The van der Waals surface area contributed by atoms with E-state index in [2.05, 4.69) is 19.1 Å². The first-order valence-electron chi connectivity index (χ1n) is 10.2. The number of carbonyl (C=O) groups is 2. The van der Waals surface area contributed by atoms with Crippen molar-refractivity contribution in [1.82, 2.24) is 0 Å². The van der Waals surface area contributed by atoms with Crippen LogP contribution in [0.25, 0.3) is 0 Å². The van der Waals surface area contributed by atoms with Crippen LogP contribution in [0.4, 0.5) is 0 Å². The number of allylic oxidation sites excluding steroid dienone is 2. The van der Waals surface area contributed by atoms with Crippen LogP contribution in [0.2, 0.25) is 0 Å². The zero-order chi connectivity index (χ0) is 18.8. The predicted molar refractivity (Wildman–Crippen MR) is 103 cm³/mol. The summed E-state index contributed by atoms with van der Waals surface area (Å²) >= 11 is 0. The van der Waals surface area contributed by atoms with Crippen molar-refractivity contribution in [3.8, 4) is 0 Å². The predicted octanol–water partition coefficient (Wildman–Crippen LogP) is 6.20. The van der Waals surface area contributed by atoms with Crippen LogP contribution < -0.4 is 0 Å². The van der Waals surface area contributed by atoms with Gasteiger partial charge < -0.3 is 10.2 Å². The SMILES string of the molecule is CCCCCCCCC=CCCCCCCCCC(C(=O)O)C(=O)O. The molecule has 0 unspecified atom stereocenters. The lowest BCUT2D eigenvalue weighted by atomic mass is 10.0. The maximum absolute atomic E-state index is 10.7. The average molecular weight is 355 g/mol. The van der Waals surface area contributed by atoms with Crippen molar-refractivity contribution < 1.29 is 19.8 Å². The van der Waals surface area contributed by atoms with E-state index in [1.54, 1.807) is 0 Å². The van der Waals surface area contributed by atoms with E-state index in [1.165, 1.54) is 57.8 Å². The molecule has 0 aromatic rings. The molecule has 25 heavy (non-hydrogen) atoms. The van der Waals surface area contributed by atoms with E-state index >= 15 is 0 Å². The molecule has 0 rings (SSSR count). The Balaban J connectivity index is 3.32. The summed E-state index contributed by atoms with van der Waals surface area (Å²) in [4.78, 5) is 21.5. The Morgan fingerprint density at radius 3 is 1.52 bits per heavy atom. The first-order chi connectivity index (χ1) is 12.1. The lowest BCUT2D eigenvalue weighted by Gasteiger charge is -2.06. The van der Waals surface area contributed by atoms with Gasteiger partial charge in [0, 0.05) is 0 Å². The molecule has 0 aliphatic heterocycles. The van der Waals surface area contributed by atoms with E-state index in [0.717, 1.165) is 25.7 Å². The quantitative estimate of drug-likeness (QED) is 0.174. The first kappa shape index (κ1) is 23.7. The highest BCUT2D eigenvalue weighted by Crippen LogP contribution is 2.14. The molecule has 146 valence electrons. The lowest BCUT2D eigenvalue weighted by Crippen LogP contribution is -2.23. The van der Waals surface area contributed by atoms with Crippen LogP contribution in [0.15, 0.2) is 12.2 Å². The summed E-state index contributed by atoms with van der Waals surface area (Å²) in [6, 6.07) is 0. The Labute approximate surface area is 153 Å². The van der Waals surface area contributed by atoms with E-state index in [1.807, 2.05) is 0 Å². The average Bonchev–Trinajstić information content (AvgIpc) is 2.57. The summed E-state index contributed by atoms with van der Waals surface area (Å²) in [7, 11) is 0. The highest BCUT2D eigenvalue weighted by Gasteiger charge is 2.24. The Kier molecular flexibility index (Phi) is 16.6. The number of hydrogen-bond acceptors (Lipinski definition) is 2. The van der Waals surface area contributed by atoms with Crippen LogP contribution in [0.1, 0.15) is 103 Å². The Hall–Kier alpha value is -1.32. The van der Waals surface area contributed by atoms with Gasteiger partial charge in [-0.15, -0.1) is 0 Å². The number of carboxylic acid groups (broad SMARTS) is 2. The third-order valence-corrected chi connectivity index (χ3v) is 4.60. The van der Waals surface area contributed by atoms with Crippen molar-refractivity contribution in [3.05, 3.63) is 12.2 Å². The van der Waals surface area contributed by atoms with Gasteiger partial charge >= 0.3 is 11.9 Å². The zero-order valence-corrected chi connectivity index (χ0v) is 16.0. The maximum atomic E-state index is 10.7. The topological polar surface area (TPSA) is 74.6 Å². The van der Waals surface area contributed by atoms with Gasteiger partial charge in [-0.1, -0.05) is 83.3 Å². The zero-order valence-electron chi connectivity index (χ0n) is 16.0. The van der Waals surface area contributed by atoms with Gasteiger partial charge in [0.15, 0.2) is 5.92 Å². The highest BCUT2D eigenvalue weighted by molar-refractivity contribution is 5.92. The smallest absolute Gasteiger partial charge is 0.317 e. The van der Waals surface area contributed by atoms with Crippen LogP contribution in [-0.4, -0.2) is 22.2 Å². The molecule has 0 aliphatic carbocycles. The Morgan fingerprint density at radius 2 is 1.08 bits per heavy atom. The molecular formula is C21H38O4. The molecule has 0 radical (unpaired) electrons. The molecule has 0 saturated heterocycles. The van der Waals surface area contributed by atoms with Crippen LogP contribution in [0, 0.1) is 5.92 Å². The standard InChI is InChI=1S/C21H38O4/c1-2-3-4-5-6-7-8-9-10-11-12-13-14-15-16-17-18-19(20(22)23)21(24)25/h9-10,19H,2-8,11-18H2,1H3,(H,22,23)(H,24,25). The number of aliphatic carboxylic acids is 2. The summed E-state index contributed by atoms with van der Waals surface area (Å²) < 4.78 is 0. The Morgan fingerprint density at radius 1 is 0.680 bits per heavy atom. The second kappa shape index (κ2) is 17.5. The number of rotatable bonds is 18. The van der Waals surface area contributed by atoms with Gasteiger partial charge in [-0.05, 0) is 32.1 Å². The lowest BCUT2D eigenvalue weighted by molar-refractivity contribution is -0.154. The van der Waals surface area contributed by atoms with E-state index < -0.39 is 17.9 Å². The fraction of sp³-hybridized carbons (Fsp3) is 0.810. The molecular weight excluding hydrogens is 316 g/mol. The van der Waals surface area contributed by atoms with Crippen molar-refractivity contribution in [3.63, 3.8) is 0 Å². The summed E-state index contributed by atoms with van der Waals surface area (Å²) in [5.74, 6) is -3.68. The number of hydrogen-bond donors (Lipinski definition) is 2. The van der Waals surface area contributed by atoms with Crippen LogP contribution in [0.3, 0.4) is 0 Å². The van der Waals surface area contributed by atoms with E-state index in [-0.39, 0.29) is 6.42 Å². The first-order valence-corrected chi connectivity index (χ1v) is 10.2. The van der Waals surface area contributed by atoms with Crippen molar-refractivity contribution in [2.24, 2.45) is 5.92 Å². The van der Waals surface area contributed by atoms with Crippen LogP contribution >= 0.6 is 0 Å². The van der Waals surface area contributed by atoms with Gasteiger partial charge in [-0.2, -0.15) is 0 Å². The molecule has 2 N–H and O–H groups in total. The molecule has 4 heteroatoms. The van der Waals surface area contributed by atoms with Crippen molar-refractivity contribution in [2.45, 2.75) is 103 Å². The second-order valence-electron chi connectivity index (χ2n) is 6.96. The number of carboxylic acids is 2. The maximum Gasteiger partial charge on any atom is 0.317 e. The van der Waals surface area contributed by atoms with Crippen LogP contribution in [0.5, 0.6) is 0 Å². The summed E-state index contributed by atoms with van der Waals surface area (Å²) in [5.41, 5.74) is 0. The van der Waals surface area contributed by atoms with Gasteiger partial charge in [0.05, 0.1) is 0 Å². The fourth-order valence-corrected chi connectivity index (χ4v) is 2.95. The van der Waals surface area contributed by atoms with Crippen molar-refractivity contribution in [1.29, 1.82) is 0 Å². The van der Waals surface area contributed by atoms with Crippen molar-refractivity contribution in [2.75, 3.05) is 0 Å². The van der Waals surface area contributed by atoms with Gasteiger partial charge in [0.1, 0.15) is 0 Å². The normalized spacial score (nSPS) is 11.4. The fourth-order valence-electron chi connectivity index (χ4n) is 2.95. The Bertz CT molecular complexity index is 349. The molecule has 0 amide bonds. The molecule has 0 fully saturated rings. The minimum atomic E-state index is -1.24. The second-order valence-corrected chi connectivity index (χ2v) is 6.96. The highest BCUT2D eigenvalue weighted by atomic mass is 16.4. The van der Waals surface area contributed by atoms with Gasteiger partial charge in [0.25, 0.3) is 0 Å². The van der Waals surface area contributed by atoms with Gasteiger partial charge in [-0.3, -0.25) is 9.59 Å². The molecule has 0 atom stereocenters. The minimum absolute atomic E-state index is 0.242. The van der Waals surface area contributed by atoms with Crippen LogP contribution in [-0.2, 0) is 9.59 Å². The van der Waals surface area contributed by atoms with Crippen molar-refractivity contribution >= 4 is 11.9 Å². The molecule has 0 aromatic heterocycles. The van der Waals surface area contributed by atoms with Gasteiger partial charge in [0.2, 0.25) is 0 Å². The molecule has 0 spiro atoms. The largest absolute Gasteiger partial charge is 0.481 e. The molecule has 4 nitrogen and oxygen atoms in total. The molecule has 0 heterocycles.